The Labute approximate surface area is 266 Å². The Kier molecular flexibility index (Phi) is 12.9. The summed E-state index contributed by atoms with van der Waals surface area (Å²) in [6.45, 7) is 0.420. The molecule has 258 valence electrons. The fourth-order valence-electron chi connectivity index (χ4n) is 5.81. The highest BCUT2D eigenvalue weighted by Crippen LogP contribution is 2.29. The Balaban J connectivity index is 0.000000256. The molecule has 2 aliphatic rings. The van der Waals surface area contributed by atoms with Crippen LogP contribution < -0.4 is 0 Å². The second kappa shape index (κ2) is 16.4. The first kappa shape index (κ1) is 37.0. The number of aliphatic carboxylic acids is 1. The Hall–Kier alpha value is -4.50. The number of carboxylic acid groups (broad SMARTS) is 1. The van der Waals surface area contributed by atoms with Crippen LogP contribution in [0.2, 0.25) is 0 Å². The molecule has 10 nitrogen and oxygen atoms in total. The maximum atomic E-state index is 13.4. The van der Waals surface area contributed by atoms with Crippen molar-refractivity contribution < 1.29 is 64.8 Å². The number of esters is 1. The van der Waals surface area contributed by atoms with E-state index in [1.54, 1.807) is 0 Å². The first-order chi connectivity index (χ1) is 22.2. The Bertz CT molecular complexity index is 1430. The lowest BCUT2D eigenvalue weighted by Crippen LogP contribution is -2.48. The number of carbonyl (C=O) groups is 4. The molecule has 2 amide bonds. The van der Waals surface area contributed by atoms with E-state index in [-0.39, 0.29) is 56.3 Å². The van der Waals surface area contributed by atoms with Gasteiger partial charge in [-0.05, 0) is 73.9 Å². The molecule has 4 rings (SSSR count). The number of likely N-dealkylation sites (tertiary alicyclic amines) is 2. The zero-order valence-corrected chi connectivity index (χ0v) is 25.7. The number of rotatable bonds is 6. The molecule has 0 aromatic heterocycles. The van der Waals surface area contributed by atoms with E-state index in [9.17, 15) is 45.5 Å². The van der Waals surface area contributed by atoms with Crippen molar-refractivity contribution >= 4 is 24.1 Å². The van der Waals surface area contributed by atoms with E-state index in [0.29, 0.717) is 6.42 Å². The number of methoxy groups -OCH3 is 3. The monoisotopic (exact) mass is 676 g/mol. The van der Waals surface area contributed by atoms with Crippen molar-refractivity contribution in [3.05, 3.63) is 70.3 Å². The fraction of sp³-hybridized carbons (Fsp3) is 0.484. The Morgan fingerprint density at radius 1 is 0.660 bits per heavy atom. The highest BCUT2D eigenvalue weighted by molar-refractivity contribution is 5.74. The molecule has 2 saturated heterocycles. The standard InChI is InChI=1S/C16H18F3NO4.C15H16F3NO4/c1-23-15(21)10-3-4-20(16(22)24-2)11(8-10)5-9-6-12(17)14(19)13(18)7-9;1-23-15(22)19-3-2-9(14(20)21)7-10(19)4-8-5-11(16)13(18)12(17)6-8/h6-7,10-11H,3-5,8H2,1-2H3;5-6,9-10H,2-4,7H2,1H3,(H,20,21). The minimum atomic E-state index is -1.56. The van der Waals surface area contributed by atoms with Crippen LogP contribution in [0.4, 0.5) is 35.9 Å². The number of carbonyl (C=O) groups excluding carboxylic acids is 3. The lowest BCUT2D eigenvalue weighted by atomic mass is 9.87. The maximum absolute atomic E-state index is 13.4. The van der Waals surface area contributed by atoms with E-state index in [0.717, 1.165) is 24.3 Å². The molecular formula is C31H34F6N2O8. The number of hydrogen-bond donors (Lipinski definition) is 1. The van der Waals surface area contributed by atoms with Gasteiger partial charge in [0.2, 0.25) is 0 Å². The van der Waals surface area contributed by atoms with Gasteiger partial charge in [0.1, 0.15) is 0 Å². The summed E-state index contributed by atoms with van der Waals surface area (Å²) < 4.78 is 93.5. The molecule has 2 aromatic carbocycles. The third-order valence-corrected chi connectivity index (χ3v) is 8.16. The molecule has 2 aromatic rings. The van der Waals surface area contributed by atoms with Gasteiger partial charge in [0.25, 0.3) is 0 Å². The number of ether oxygens (including phenoxy) is 3. The second-order valence-corrected chi connectivity index (χ2v) is 11.1. The maximum Gasteiger partial charge on any atom is 0.409 e. The topological polar surface area (TPSA) is 123 Å². The molecule has 47 heavy (non-hydrogen) atoms. The number of hydrogen-bond acceptors (Lipinski definition) is 7. The van der Waals surface area contributed by atoms with Crippen molar-refractivity contribution in [2.24, 2.45) is 11.8 Å². The van der Waals surface area contributed by atoms with E-state index < -0.39 is 82.9 Å². The van der Waals surface area contributed by atoms with Gasteiger partial charge in [0.05, 0.1) is 33.2 Å². The van der Waals surface area contributed by atoms with Crippen LogP contribution in [0.15, 0.2) is 24.3 Å². The van der Waals surface area contributed by atoms with Crippen molar-refractivity contribution in [2.45, 2.75) is 50.6 Å². The molecular weight excluding hydrogens is 642 g/mol. The van der Waals surface area contributed by atoms with Crippen molar-refractivity contribution in [1.82, 2.24) is 9.80 Å². The van der Waals surface area contributed by atoms with Crippen LogP contribution in [0, 0.1) is 46.7 Å². The van der Waals surface area contributed by atoms with Gasteiger partial charge < -0.3 is 29.1 Å². The molecule has 0 radical (unpaired) electrons. The van der Waals surface area contributed by atoms with Gasteiger partial charge in [-0.15, -0.1) is 0 Å². The van der Waals surface area contributed by atoms with Gasteiger partial charge in [-0.1, -0.05) is 0 Å². The van der Waals surface area contributed by atoms with Gasteiger partial charge in [0, 0.05) is 25.2 Å². The number of piperidine rings is 2. The molecule has 2 fully saturated rings. The molecule has 0 spiro atoms. The van der Waals surface area contributed by atoms with Gasteiger partial charge in [-0.25, -0.2) is 35.9 Å². The minimum Gasteiger partial charge on any atom is -0.481 e. The Morgan fingerprint density at radius 2 is 1.02 bits per heavy atom. The van der Waals surface area contributed by atoms with Gasteiger partial charge >= 0.3 is 24.1 Å². The van der Waals surface area contributed by atoms with E-state index in [4.69, 9.17) is 14.6 Å². The number of halogens is 6. The molecule has 0 bridgehead atoms. The van der Waals surface area contributed by atoms with E-state index in [1.165, 1.54) is 31.1 Å². The van der Waals surface area contributed by atoms with Crippen molar-refractivity contribution in [3.63, 3.8) is 0 Å². The number of carboxylic acids is 1. The number of benzene rings is 2. The second-order valence-electron chi connectivity index (χ2n) is 11.1. The highest BCUT2D eigenvalue weighted by atomic mass is 19.2. The van der Waals surface area contributed by atoms with Crippen molar-refractivity contribution in [1.29, 1.82) is 0 Å². The van der Waals surface area contributed by atoms with Crippen LogP contribution in [0.25, 0.3) is 0 Å². The normalized spacial score (nSPS) is 20.9. The van der Waals surface area contributed by atoms with Crippen LogP contribution in [0.3, 0.4) is 0 Å². The largest absolute Gasteiger partial charge is 0.481 e. The first-order valence-electron chi connectivity index (χ1n) is 14.5. The summed E-state index contributed by atoms with van der Waals surface area (Å²) in [7, 11) is 3.69. The minimum absolute atomic E-state index is 0.00694. The third kappa shape index (κ3) is 9.29. The van der Waals surface area contributed by atoms with Gasteiger partial charge in [-0.3, -0.25) is 9.59 Å². The van der Waals surface area contributed by atoms with E-state index in [2.05, 4.69) is 4.74 Å². The smallest absolute Gasteiger partial charge is 0.409 e. The average molecular weight is 677 g/mol. The summed E-state index contributed by atoms with van der Waals surface area (Å²) in [6, 6.07) is 2.35. The van der Waals surface area contributed by atoms with Crippen LogP contribution in [-0.4, -0.2) is 85.5 Å². The quantitative estimate of drug-likeness (QED) is 0.191. The molecule has 2 heterocycles. The Morgan fingerprint density at radius 3 is 1.36 bits per heavy atom. The summed E-state index contributed by atoms with van der Waals surface area (Å²) in [5.74, 6) is -10.8. The summed E-state index contributed by atoms with van der Waals surface area (Å²) in [5, 5.41) is 9.12. The zero-order valence-electron chi connectivity index (χ0n) is 25.7. The van der Waals surface area contributed by atoms with E-state index in [1.807, 2.05) is 0 Å². The molecule has 0 aliphatic carbocycles. The van der Waals surface area contributed by atoms with Crippen LogP contribution in [-0.2, 0) is 36.6 Å². The van der Waals surface area contributed by atoms with Gasteiger partial charge in [-0.2, -0.15) is 0 Å². The zero-order chi connectivity index (χ0) is 35.0. The van der Waals surface area contributed by atoms with Crippen LogP contribution >= 0.6 is 0 Å². The van der Waals surface area contributed by atoms with Crippen LogP contribution in [0.1, 0.15) is 36.8 Å². The van der Waals surface area contributed by atoms with Crippen LogP contribution in [0.5, 0.6) is 0 Å². The highest BCUT2D eigenvalue weighted by Gasteiger charge is 2.37. The summed E-state index contributed by atoms with van der Waals surface area (Å²) in [4.78, 5) is 49.3. The first-order valence-corrected chi connectivity index (χ1v) is 14.5. The third-order valence-electron chi connectivity index (χ3n) is 8.16. The van der Waals surface area contributed by atoms with E-state index >= 15 is 0 Å². The molecule has 2 aliphatic heterocycles. The number of nitrogens with zero attached hydrogens (tertiary/aromatic N) is 2. The lowest BCUT2D eigenvalue weighted by molar-refractivity contribution is -0.147. The summed E-state index contributed by atoms with van der Waals surface area (Å²) >= 11 is 0. The predicted octanol–water partition coefficient (Wildman–Crippen LogP) is 5.24. The lowest BCUT2D eigenvalue weighted by Gasteiger charge is -2.37. The average Bonchev–Trinajstić information content (AvgIpc) is 3.05. The molecule has 4 unspecified atom stereocenters. The summed E-state index contributed by atoms with van der Waals surface area (Å²) in [5.41, 5.74) is 0.335. The fourth-order valence-corrected chi connectivity index (χ4v) is 5.81. The SMILES string of the molecule is COC(=O)C1CCN(C(=O)OC)C(Cc2cc(F)c(F)c(F)c2)C1.COC(=O)N1CCC(C(=O)O)CC1Cc1cc(F)c(F)c(F)c1. The van der Waals surface area contributed by atoms with Gasteiger partial charge in [0.15, 0.2) is 34.9 Å². The molecule has 0 saturated carbocycles. The number of amides is 2. The van der Waals surface area contributed by atoms with Crippen molar-refractivity contribution in [3.8, 4) is 0 Å². The molecule has 4 atom stereocenters. The molecule has 1 N–H and O–H groups in total. The predicted molar refractivity (Wildman–Crippen MR) is 151 cm³/mol. The molecule has 16 heteroatoms. The van der Waals surface area contributed by atoms with Crippen molar-refractivity contribution in [2.75, 3.05) is 34.4 Å². The summed E-state index contributed by atoms with van der Waals surface area (Å²) in [6.07, 6.45) is -0.0810.